The number of rotatable bonds is 4. The van der Waals surface area contributed by atoms with Gasteiger partial charge in [-0.25, -0.2) is 4.39 Å². The molecule has 0 bridgehead atoms. The quantitative estimate of drug-likeness (QED) is 0.853. The molecule has 0 spiro atoms. The highest BCUT2D eigenvalue weighted by Gasteiger charge is 2.17. The van der Waals surface area contributed by atoms with Gasteiger partial charge in [-0.1, -0.05) is 32.0 Å². The molecule has 1 unspecified atom stereocenters. The lowest BCUT2D eigenvalue weighted by Gasteiger charge is -2.18. The van der Waals surface area contributed by atoms with E-state index in [9.17, 15) is 9.18 Å². The van der Waals surface area contributed by atoms with Gasteiger partial charge < -0.3 is 5.32 Å². The zero-order valence-electron chi connectivity index (χ0n) is 10.8. The average molecular weight is 237 g/mol. The number of nitrogens with one attached hydrogen (secondary N) is 1. The summed E-state index contributed by atoms with van der Waals surface area (Å²) in [5, 5.41) is 2.89. The Labute approximate surface area is 102 Å². The molecule has 17 heavy (non-hydrogen) atoms. The molecule has 2 atom stereocenters. The Kier molecular flexibility index (Phi) is 4.67. The maximum atomic E-state index is 13.4. The van der Waals surface area contributed by atoms with Crippen LogP contribution < -0.4 is 5.32 Å². The maximum absolute atomic E-state index is 13.4. The molecule has 2 nitrogen and oxygen atoms in total. The number of carbonyl (C=O) groups excluding carboxylic acids is 1. The summed E-state index contributed by atoms with van der Waals surface area (Å²) in [6.07, 6.45) is -1.13. The lowest BCUT2D eigenvalue weighted by Crippen LogP contribution is -2.36. The molecule has 0 saturated heterocycles. The number of amides is 1. The van der Waals surface area contributed by atoms with Crippen LogP contribution in [0.25, 0.3) is 0 Å². The highest BCUT2D eigenvalue weighted by Crippen LogP contribution is 2.21. The Bertz CT molecular complexity index is 388. The minimum Gasteiger partial charge on any atom is -0.349 e. The molecule has 1 aromatic carbocycles. The van der Waals surface area contributed by atoms with Gasteiger partial charge in [-0.3, -0.25) is 4.79 Å². The summed E-state index contributed by atoms with van der Waals surface area (Å²) in [7, 11) is 0. The zero-order valence-corrected chi connectivity index (χ0v) is 10.8. The van der Waals surface area contributed by atoms with Crippen molar-refractivity contribution < 1.29 is 9.18 Å². The van der Waals surface area contributed by atoms with Gasteiger partial charge in [0.1, 0.15) is 6.17 Å². The fourth-order valence-electron chi connectivity index (χ4n) is 1.50. The van der Waals surface area contributed by atoms with E-state index in [-0.39, 0.29) is 11.9 Å². The average Bonchev–Trinajstić information content (AvgIpc) is 2.28. The summed E-state index contributed by atoms with van der Waals surface area (Å²) in [4.78, 5) is 12.0. The smallest absolute Gasteiger partial charge is 0.251 e. The van der Waals surface area contributed by atoms with Crippen LogP contribution in [0.5, 0.6) is 0 Å². The van der Waals surface area contributed by atoms with Crippen molar-refractivity contribution in [3.63, 3.8) is 0 Å². The van der Waals surface area contributed by atoms with Crippen LogP contribution in [0.4, 0.5) is 4.39 Å². The topological polar surface area (TPSA) is 29.1 Å². The van der Waals surface area contributed by atoms with E-state index in [0.717, 1.165) is 0 Å². The first-order valence-corrected chi connectivity index (χ1v) is 5.97. The molecule has 0 fully saturated rings. The predicted octanol–water partition coefficient (Wildman–Crippen LogP) is 3.49. The van der Waals surface area contributed by atoms with Crippen molar-refractivity contribution in [2.24, 2.45) is 5.92 Å². The number of alkyl halides is 1. The molecule has 0 saturated carbocycles. The third kappa shape index (κ3) is 3.55. The van der Waals surface area contributed by atoms with Gasteiger partial charge in [0.25, 0.3) is 5.91 Å². The summed E-state index contributed by atoms with van der Waals surface area (Å²) in [6, 6.07) is 6.88. The Hall–Kier alpha value is -1.38. The van der Waals surface area contributed by atoms with Gasteiger partial charge in [0.2, 0.25) is 0 Å². The van der Waals surface area contributed by atoms with Crippen LogP contribution in [-0.4, -0.2) is 11.9 Å². The fraction of sp³-hybridized carbons (Fsp3) is 0.500. The second-order valence-corrected chi connectivity index (χ2v) is 4.71. The lowest BCUT2D eigenvalue weighted by atomic mass is 10.0. The predicted molar refractivity (Wildman–Crippen MR) is 67.7 cm³/mol. The molecule has 94 valence electrons. The first-order valence-electron chi connectivity index (χ1n) is 5.97. The molecule has 1 rings (SSSR count). The highest BCUT2D eigenvalue weighted by molar-refractivity contribution is 5.96. The van der Waals surface area contributed by atoms with Crippen LogP contribution in [0, 0.1) is 5.92 Å². The minimum atomic E-state index is -1.13. The lowest BCUT2D eigenvalue weighted by molar-refractivity contribution is 0.0927. The van der Waals surface area contributed by atoms with Crippen LogP contribution in [0.3, 0.4) is 0 Å². The van der Waals surface area contributed by atoms with Crippen molar-refractivity contribution in [3.05, 3.63) is 35.4 Å². The molecular weight excluding hydrogens is 217 g/mol. The summed E-state index contributed by atoms with van der Waals surface area (Å²) in [5.41, 5.74) is 0.871. The number of hydrogen-bond acceptors (Lipinski definition) is 1. The van der Waals surface area contributed by atoms with E-state index < -0.39 is 6.17 Å². The van der Waals surface area contributed by atoms with E-state index in [2.05, 4.69) is 5.32 Å². The van der Waals surface area contributed by atoms with Crippen molar-refractivity contribution in [1.29, 1.82) is 0 Å². The summed E-state index contributed by atoms with van der Waals surface area (Å²) in [6.45, 7) is 7.46. The molecule has 3 heteroatoms. The van der Waals surface area contributed by atoms with Crippen LogP contribution in [0.15, 0.2) is 24.3 Å². The van der Waals surface area contributed by atoms with Crippen molar-refractivity contribution in [2.45, 2.75) is 39.9 Å². The second-order valence-electron chi connectivity index (χ2n) is 4.71. The van der Waals surface area contributed by atoms with Gasteiger partial charge >= 0.3 is 0 Å². The van der Waals surface area contributed by atoms with Crippen molar-refractivity contribution >= 4 is 5.91 Å². The number of carbonyl (C=O) groups is 1. The molecule has 1 aromatic rings. The van der Waals surface area contributed by atoms with Crippen molar-refractivity contribution in [1.82, 2.24) is 5.32 Å². The van der Waals surface area contributed by atoms with Crippen LogP contribution >= 0.6 is 0 Å². The van der Waals surface area contributed by atoms with Crippen LogP contribution in [-0.2, 0) is 0 Å². The largest absolute Gasteiger partial charge is 0.349 e. The standard InChI is InChI=1S/C14H20FNO/c1-9(2)11(4)16-14(17)13-8-6-5-7-12(13)10(3)15/h5-11H,1-4H3,(H,16,17)/t10?,11-/m1/s1. The molecule has 0 aliphatic carbocycles. The van der Waals surface area contributed by atoms with Crippen LogP contribution in [0.1, 0.15) is 49.8 Å². The van der Waals surface area contributed by atoms with Crippen molar-refractivity contribution in [2.75, 3.05) is 0 Å². The number of benzene rings is 1. The molecule has 0 radical (unpaired) electrons. The molecule has 1 N–H and O–H groups in total. The van der Waals surface area contributed by atoms with Gasteiger partial charge in [-0.15, -0.1) is 0 Å². The minimum absolute atomic E-state index is 0.0745. The van der Waals surface area contributed by atoms with Gasteiger partial charge in [0.05, 0.1) is 0 Å². The van der Waals surface area contributed by atoms with E-state index in [0.29, 0.717) is 17.0 Å². The number of halogens is 1. The van der Waals surface area contributed by atoms with Gasteiger partial charge in [-0.2, -0.15) is 0 Å². The number of hydrogen-bond donors (Lipinski definition) is 1. The SMILES string of the molecule is CC(F)c1ccccc1C(=O)N[C@H](C)C(C)C. The van der Waals surface area contributed by atoms with Crippen LogP contribution in [0.2, 0.25) is 0 Å². The molecule has 0 heterocycles. The Morgan fingerprint density at radius 1 is 1.18 bits per heavy atom. The van der Waals surface area contributed by atoms with E-state index >= 15 is 0 Å². The summed E-state index contributed by atoms with van der Waals surface area (Å²) in [5.74, 6) is 0.153. The normalized spacial score (nSPS) is 14.5. The maximum Gasteiger partial charge on any atom is 0.251 e. The van der Waals surface area contributed by atoms with Crippen molar-refractivity contribution in [3.8, 4) is 0 Å². The molecule has 1 amide bonds. The molecule has 0 aromatic heterocycles. The third-order valence-corrected chi connectivity index (χ3v) is 2.99. The highest BCUT2D eigenvalue weighted by atomic mass is 19.1. The summed E-state index contributed by atoms with van der Waals surface area (Å²) < 4.78 is 13.4. The molecule has 0 aliphatic heterocycles. The van der Waals surface area contributed by atoms with Gasteiger partial charge in [0, 0.05) is 11.6 Å². The van der Waals surface area contributed by atoms with Gasteiger partial charge in [-0.05, 0) is 31.4 Å². The first kappa shape index (κ1) is 13.7. The molecule has 0 aliphatic rings. The first-order chi connectivity index (χ1) is 7.93. The monoisotopic (exact) mass is 237 g/mol. The van der Waals surface area contributed by atoms with E-state index in [1.54, 1.807) is 24.3 Å². The Balaban J connectivity index is 2.89. The fourth-order valence-corrected chi connectivity index (χ4v) is 1.50. The second kappa shape index (κ2) is 5.80. The molecular formula is C14H20FNO. The van der Waals surface area contributed by atoms with E-state index in [1.807, 2.05) is 20.8 Å². The third-order valence-electron chi connectivity index (χ3n) is 2.99. The van der Waals surface area contributed by atoms with Gasteiger partial charge in [0.15, 0.2) is 0 Å². The Morgan fingerprint density at radius 2 is 1.76 bits per heavy atom. The Morgan fingerprint density at radius 3 is 2.29 bits per heavy atom. The summed E-state index contributed by atoms with van der Waals surface area (Å²) >= 11 is 0. The van der Waals surface area contributed by atoms with E-state index in [4.69, 9.17) is 0 Å². The van der Waals surface area contributed by atoms with E-state index in [1.165, 1.54) is 6.92 Å². The zero-order chi connectivity index (χ0) is 13.0.